The van der Waals surface area contributed by atoms with Gasteiger partial charge in [-0.15, -0.1) is 0 Å². The molecule has 0 N–H and O–H groups in total. The molecule has 0 bridgehead atoms. The minimum atomic E-state index is -0.460. The predicted octanol–water partition coefficient (Wildman–Crippen LogP) is 3.29. The molecule has 0 fully saturated rings. The molecule has 0 aliphatic heterocycles. The minimum Gasteiger partial charge on any atom is -0.443 e. The molecule has 0 saturated heterocycles. The summed E-state index contributed by atoms with van der Waals surface area (Å²) in [6.07, 6.45) is 6.52. The fourth-order valence-electron chi connectivity index (χ4n) is 0.807. The lowest BCUT2D eigenvalue weighted by atomic mass is 10.2. The van der Waals surface area contributed by atoms with Gasteiger partial charge in [0.2, 0.25) is 0 Å². The maximum atomic E-state index is 11.5. The lowest BCUT2D eigenvalue weighted by Gasteiger charge is -2.23. The van der Waals surface area contributed by atoms with Crippen LogP contribution in [0.3, 0.4) is 0 Å². The van der Waals surface area contributed by atoms with Gasteiger partial charge in [0, 0.05) is 12.4 Å². The first-order valence-corrected chi connectivity index (χ1v) is 4.67. The van der Waals surface area contributed by atoms with E-state index in [4.69, 9.17) is 4.74 Å². The highest BCUT2D eigenvalue weighted by Gasteiger charge is 2.18. The number of carbonyl (C=O) groups excluding carboxylic acids is 1. The molecule has 3 nitrogen and oxygen atoms in total. The number of amides is 1. The molecular formula is C11H19NO2. The molecule has 0 aromatic carbocycles. The zero-order valence-electron chi connectivity index (χ0n) is 9.57. The highest BCUT2D eigenvalue weighted by molar-refractivity contribution is 5.70. The van der Waals surface area contributed by atoms with Crippen LogP contribution in [0.1, 0.15) is 34.6 Å². The maximum absolute atomic E-state index is 11.5. The van der Waals surface area contributed by atoms with Gasteiger partial charge in [0.05, 0.1) is 0 Å². The van der Waals surface area contributed by atoms with E-state index in [1.807, 2.05) is 34.6 Å². The molecule has 3 heteroatoms. The van der Waals surface area contributed by atoms with Crippen molar-refractivity contribution in [2.75, 3.05) is 0 Å². The highest BCUT2D eigenvalue weighted by Crippen LogP contribution is 2.10. The van der Waals surface area contributed by atoms with E-state index < -0.39 is 5.60 Å². The van der Waals surface area contributed by atoms with Crippen molar-refractivity contribution >= 4 is 6.09 Å². The molecule has 0 spiro atoms. The molecule has 0 saturated carbocycles. The molecule has 0 radical (unpaired) electrons. The van der Waals surface area contributed by atoms with Gasteiger partial charge in [-0.05, 0) is 34.6 Å². The largest absolute Gasteiger partial charge is 0.443 e. The first kappa shape index (κ1) is 12.8. The molecule has 1 amide bonds. The van der Waals surface area contributed by atoms with Crippen LogP contribution < -0.4 is 0 Å². The van der Waals surface area contributed by atoms with E-state index in [1.165, 1.54) is 4.90 Å². The van der Waals surface area contributed by atoms with E-state index >= 15 is 0 Å². The summed E-state index contributed by atoms with van der Waals surface area (Å²) >= 11 is 0. The molecule has 80 valence electrons. The van der Waals surface area contributed by atoms with Gasteiger partial charge in [-0.3, -0.25) is 4.90 Å². The van der Waals surface area contributed by atoms with Crippen LogP contribution in [0.5, 0.6) is 0 Å². The standard InChI is InChI=1S/C11H19NO2/c1-6-8-12(9-7-2)10(13)14-11(3,4)5/h6-9H,1-5H3/b8-6+,9-7+. The second kappa shape index (κ2) is 5.47. The Morgan fingerprint density at radius 1 is 1.14 bits per heavy atom. The van der Waals surface area contributed by atoms with Crippen LogP contribution in [0.2, 0.25) is 0 Å². The molecule has 0 aliphatic rings. The molecular weight excluding hydrogens is 178 g/mol. The number of ether oxygens (including phenoxy) is 1. The van der Waals surface area contributed by atoms with Crippen molar-refractivity contribution in [1.82, 2.24) is 4.90 Å². The number of hydrogen-bond acceptors (Lipinski definition) is 2. The minimum absolute atomic E-state index is 0.367. The van der Waals surface area contributed by atoms with Crippen LogP contribution >= 0.6 is 0 Å². The first-order valence-electron chi connectivity index (χ1n) is 4.67. The Balaban J connectivity index is 4.45. The molecule has 14 heavy (non-hydrogen) atoms. The second-order valence-electron chi connectivity index (χ2n) is 3.85. The summed E-state index contributed by atoms with van der Waals surface area (Å²) in [4.78, 5) is 12.9. The smallest absolute Gasteiger partial charge is 0.418 e. The zero-order valence-corrected chi connectivity index (χ0v) is 9.57. The average Bonchev–Trinajstić information content (AvgIpc) is 2.01. The van der Waals surface area contributed by atoms with E-state index in [0.717, 1.165) is 0 Å². The molecule has 0 aromatic rings. The molecule has 0 heterocycles. The monoisotopic (exact) mass is 197 g/mol. The van der Waals surface area contributed by atoms with E-state index in [0.29, 0.717) is 0 Å². The van der Waals surface area contributed by atoms with Gasteiger partial charge < -0.3 is 4.74 Å². The lowest BCUT2D eigenvalue weighted by molar-refractivity contribution is 0.0399. The fraction of sp³-hybridized carbons (Fsp3) is 0.545. The number of nitrogens with zero attached hydrogens (tertiary/aromatic N) is 1. The number of carbonyl (C=O) groups is 1. The van der Waals surface area contributed by atoms with E-state index in [-0.39, 0.29) is 6.09 Å². The molecule has 0 unspecified atom stereocenters. The summed E-state index contributed by atoms with van der Waals surface area (Å²) < 4.78 is 5.19. The van der Waals surface area contributed by atoms with Gasteiger partial charge in [-0.25, -0.2) is 4.79 Å². The summed E-state index contributed by atoms with van der Waals surface area (Å²) in [7, 11) is 0. The molecule has 0 rings (SSSR count). The third-order valence-corrected chi connectivity index (χ3v) is 1.22. The topological polar surface area (TPSA) is 29.5 Å². The Hall–Kier alpha value is -1.25. The van der Waals surface area contributed by atoms with Crippen molar-refractivity contribution in [3.05, 3.63) is 24.6 Å². The van der Waals surface area contributed by atoms with Crippen molar-refractivity contribution in [3.8, 4) is 0 Å². The number of hydrogen-bond donors (Lipinski definition) is 0. The number of rotatable bonds is 2. The lowest BCUT2D eigenvalue weighted by Crippen LogP contribution is -2.30. The predicted molar refractivity (Wildman–Crippen MR) is 57.7 cm³/mol. The van der Waals surface area contributed by atoms with Gasteiger partial charge in [0.15, 0.2) is 0 Å². The fourth-order valence-corrected chi connectivity index (χ4v) is 0.807. The SMILES string of the molecule is C/C=C/N(/C=C/C)C(=O)OC(C)(C)C. The van der Waals surface area contributed by atoms with Crippen LogP contribution in [0.25, 0.3) is 0 Å². The van der Waals surface area contributed by atoms with Crippen LogP contribution in [-0.2, 0) is 4.74 Å². The Kier molecular flexibility index (Phi) is 4.99. The maximum Gasteiger partial charge on any atom is 0.418 e. The molecule has 0 aliphatic carbocycles. The third-order valence-electron chi connectivity index (χ3n) is 1.22. The van der Waals surface area contributed by atoms with Crippen molar-refractivity contribution in [2.45, 2.75) is 40.2 Å². The van der Waals surface area contributed by atoms with Crippen LogP contribution in [0, 0.1) is 0 Å². The van der Waals surface area contributed by atoms with Gasteiger partial charge in [0.25, 0.3) is 0 Å². The Bertz CT molecular complexity index is 224. The van der Waals surface area contributed by atoms with Crippen LogP contribution in [0.15, 0.2) is 24.6 Å². The zero-order chi connectivity index (χ0) is 11.2. The van der Waals surface area contributed by atoms with Gasteiger partial charge in [0.1, 0.15) is 5.60 Å². The van der Waals surface area contributed by atoms with Crippen molar-refractivity contribution in [3.63, 3.8) is 0 Å². The highest BCUT2D eigenvalue weighted by atomic mass is 16.6. The van der Waals surface area contributed by atoms with Crippen molar-refractivity contribution < 1.29 is 9.53 Å². The summed E-state index contributed by atoms with van der Waals surface area (Å²) in [5.74, 6) is 0. The Labute approximate surface area is 86.0 Å². The van der Waals surface area contributed by atoms with Crippen LogP contribution in [-0.4, -0.2) is 16.6 Å². The summed E-state index contributed by atoms with van der Waals surface area (Å²) in [6.45, 7) is 9.22. The quantitative estimate of drug-likeness (QED) is 0.679. The van der Waals surface area contributed by atoms with Gasteiger partial charge in [-0.1, -0.05) is 12.2 Å². The van der Waals surface area contributed by atoms with Gasteiger partial charge >= 0.3 is 6.09 Å². The van der Waals surface area contributed by atoms with E-state index in [9.17, 15) is 4.79 Å². The summed E-state index contributed by atoms with van der Waals surface area (Å²) in [5, 5.41) is 0. The molecule has 0 aromatic heterocycles. The summed E-state index contributed by atoms with van der Waals surface area (Å²) in [6, 6.07) is 0. The van der Waals surface area contributed by atoms with E-state index in [1.54, 1.807) is 24.6 Å². The van der Waals surface area contributed by atoms with Gasteiger partial charge in [-0.2, -0.15) is 0 Å². The Morgan fingerprint density at radius 2 is 1.57 bits per heavy atom. The Morgan fingerprint density at radius 3 is 1.86 bits per heavy atom. The molecule has 0 atom stereocenters. The second-order valence-corrected chi connectivity index (χ2v) is 3.85. The normalized spacial score (nSPS) is 12.4. The van der Waals surface area contributed by atoms with Crippen molar-refractivity contribution in [1.29, 1.82) is 0 Å². The van der Waals surface area contributed by atoms with Crippen LogP contribution in [0.4, 0.5) is 4.79 Å². The summed E-state index contributed by atoms with van der Waals surface area (Å²) in [5.41, 5.74) is -0.460. The van der Waals surface area contributed by atoms with E-state index in [2.05, 4.69) is 0 Å². The average molecular weight is 197 g/mol. The first-order chi connectivity index (χ1) is 6.40. The number of allylic oxidation sites excluding steroid dienone is 2. The van der Waals surface area contributed by atoms with Crippen molar-refractivity contribution in [2.24, 2.45) is 0 Å². The third kappa shape index (κ3) is 5.41.